The fraction of sp³-hybridized carbons (Fsp3) is 0. The third-order valence-electron chi connectivity index (χ3n) is 1.40. The van der Waals surface area contributed by atoms with Gasteiger partial charge < -0.3 is 14.7 Å². The third-order valence-corrected chi connectivity index (χ3v) is 1.40. The lowest BCUT2D eigenvalue weighted by Gasteiger charge is -1.79. The first-order valence-electron chi connectivity index (χ1n) is 3.65. The molecule has 2 aromatic rings. The third kappa shape index (κ3) is 1.76. The van der Waals surface area contributed by atoms with Gasteiger partial charge in [0.15, 0.2) is 5.82 Å². The summed E-state index contributed by atoms with van der Waals surface area (Å²) in [5.41, 5.74) is 5.23. The summed E-state index contributed by atoms with van der Waals surface area (Å²) in [6, 6.07) is 3.67. The minimum atomic E-state index is 0.0547. The summed E-state index contributed by atoms with van der Waals surface area (Å²) in [4.78, 5) is 3.78. The van der Waals surface area contributed by atoms with Gasteiger partial charge in [-0.2, -0.15) is 4.98 Å². The Morgan fingerprint density at radius 2 is 2.31 bits per heavy atom. The number of hydrogen-bond acceptors (Lipinski definition) is 5. The van der Waals surface area contributed by atoms with Crippen LogP contribution in [0, 0.1) is 0 Å². The molecule has 66 valence electrons. The van der Waals surface area contributed by atoms with Crippen molar-refractivity contribution >= 4 is 18.2 Å². The molecule has 0 saturated heterocycles. The Morgan fingerprint density at radius 1 is 1.38 bits per heavy atom. The maximum absolute atomic E-state index is 5.23. The fourth-order valence-corrected chi connectivity index (χ4v) is 0.858. The van der Waals surface area contributed by atoms with E-state index in [9.17, 15) is 0 Å². The maximum Gasteiger partial charge on any atom is 0.319 e. The van der Waals surface area contributed by atoms with Crippen LogP contribution in [0.25, 0.3) is 12.2 Å². The van der Waals surface area contributed by atoms with E-state index in [1.807, 2.05) is 6.07 Å². The monoisotopic (exact) mass is 177 g/mol. The SMILES string of the molecule is Nc1nc(/C=C/c2ccco2)no1. The Bertz CT molecular complexity index is 403. The first-order chi connectivity index (χ1) is 6.34. The van der Waals surface area contributed by atoms with Crippen LogP contribution in [0.3, 0.4) is 0 Å². The molecule has 0 aromatic carbocycles. The molecule has 5 nitrogen and oxygen atoms in total. The van der Waals surface area contributed by atoms with Crippen LogP contribution in [0.5, 0.6) is 0 Å². The molecule has 2 aromatic heterocycles. The van der Waals surface area contributed by atoms with Gasteiger partial charge in [0.1, 0.15) is 5.76 Å². The summed E-state index contributed by atoms with van der Waals surface area (Å²) in [6.07, 6.45) is 4.97. The molecule has 0 fully saturated rings. The summed E-state index contributed by atoms with van der Waals surface area (Å²) >= 11 is 0. The molecular weight excluding hydrogens is 170 g/mol. The summed E-state index contributed by atoms with van der Waals surface area (Å²) in [5.74, 6) is 1.15. The van der Waals surface area contributed by atoms with Gasteiger partial charge in [0, 0.05) is 0 Å². The zero-order valence-electron chi connectivity index (χ0n) is 6.68. The summed E-state index contributed by atoms with van der Waals surface area (Å²) in [5, 5.41) is 3.58. The van der Waals surface area contributed by atoms with E-state index in [-0.39, 0.29) is 6.01 Å². The Morgan fingerprint density at radius 3 is 2.92 bits per heavy atom. The van der Waals surface area contributed by atoms with Gasteiger partial charge >= 0.3 is 6.01 Å². The number of hydrogen-bond donors (Lipinski definition) is 1. The Hall–Kier alpha value is -2.04. The van der Waals surface area contributed by atoms with E-state index < -0.39 is 0 Å². The highest BCUT2D eigenvalue weighted by molar-refractivity contribution is 5.63. The lowest BCUT2D eigenvalue weighted by Crippen LogP contribution is -1.82. The molecule has 2 N–H and O–H groups in total. The van der Waals surface area contributed by atoms with Gasteiger partial charge in [0.05, 0.1) is 6.26 Å². The number of nitrogens with zero attached hydrogens (tertiary/aromatic N) is 2. The standard InChI is InChI=1S/C8H7N3O2/c9-8-10-7(11-13-8)4-3-6-2-1-5-12-6/h1-5H,(H2,9,10,11)/b4-3+. The Kier molecular flexibility index (Phi) is 1.84. The molecule has 0 spiro atoms. The zero-order chi connectivity index (χ0) is 9.10. The molecule has 0 aliphatic rings. The average Bonchev–Trinajstić information content (AvgIpc) is 2.71. The summed E-state index contributed by atoms with van der Waals surface area (Å²) in [6.45, 7) is 0. The van der Waals surface area contributed by atoms with E-state index >= 15 is 0 Å². The first-order valence-corrected chi connectivity index (χ1v) is 3.65. The van der Waals surface area contributed by atoms with Crippen molar-refractivity contribution in [3.05, 3.63) is 30.0 Å². The number of anilines is 1. The molecule has 0 aliphatic carbocycles. The van der Waals surface area contributed by atoms with Crippen molar-refractivity contribution in [3.63, 3.8) is 0 Å². The van der Waals surface area contributed by atoms with Crippen molar-refractivity contribution in [2.24, 2.45) is 0 Å². The highest BCUT2D eigenvalue weighted by Crippen LogP contribution is 2.06. The van der Waals surface area contributed by atoms with Crippen LogP contribution in [0.1, 0.15) is 11.6 Å². The van der Waals surface area contributed by atoms with E-state index in [1.165, 1.54) is 0 Å². The molecule has 0 unspecified atom stereocenters. The Balaban J connectivity index is 2.14. The van der Waals surface area contributed by atoms with Gasteiger partial charge in [-0.3, -0.25) is 0 Å². The van der Waals surface area contributed by atoms with Gasteiger partial charge in [0.25, 0.3) is 0 Å². The minimum Gasteiger partial charge on any atom is -0.465 e. The molecule has 0 aliphatic heterocycles. The van der Waals surface area contributed by atoms with Crippen LogP contribution in [0.15, 0.2) is 27.3 Å². The summed E-state index contributed by atoms with van der Waals surface area (Å²) < 4.78 is 9.63. The van der Waals surface area contributed by atoms with Crippen LogP contribution < -0.4 is 5.73 Å². The van der Waals surface area contributed by atoms with E-state index in [4.69, 9.17) is 10.2 Å². The van der Waals surface area contributed by atoms with Gasteiger partial charge in [-0.25, -0.2) is 0 Å². The molecule has 0 bridgehead atoms. The minimum absolute atomic E-state index is 0.0547. The van der Waals surface area contributed by atoms with Crippen molar-refractivity contribution in [3.8, 4) is 0 Å². The maximum atomic E-state index is 5.23. The lowest BCUT2D eigenvalue weighted by atomic mass is 10.4. The number of nitrogens with two attached hydrogens (primary N) is 1. The van der Waals surface area contributed by atoms with Gasteiger partial charge in [-0.15, -0.1) is 0 Å². The van der Waals surface area contributed by atoms with Crippen molar-refractivity contribution < 1.29 is 8.94 Å². The smallest absolute Gasteiger partial charge is 0.319 e. The number of nitrogen functional groups attached to an aromatic ring is 1. The molecule has 0 saturated carbocycles. The normalized spacial score (nSPS) is 11.1. The molecule has 13 heavy (non-hydrogen) atoms. The fourth-order valence-electron chi connectivity index (χ4n) is 0.858. The molecule has 0 amide bonds. The highest BCUT2D eigenvalue weighted by atomic mass is 16.5. The van der Waals surface area contributed by atoms with Crippen molar-refractivity contribution in [1.82, 2.24) is 10.1 Å². The number of furan rings is 1. The number of aromatic nitrogens is 2. The zero-order valence-corrected chi connectivity index (χ0v) is 6.68. The van der Waals surface area contributed by atoms with Crippen LogP contribution in [-0.2, 0) is 0 Å². The van der Waals surface area contributed by atoms with Gasteiger partial charge in [-0.05, 0) is 24.3 Å². The largest absolute Gasteiger partial charge is 0.465 e. The lowest BCUT2D eigenvalue weighted by molar-refractivity contribution is 0.433. The van der Waals surface area contributed by atoms with Crippen LogP contribution >= 0.6 is 0 Å². The molecule has 0 radical (unpaired) electrons. The molecule has 5 heteroatoms. The quantitative estimate of drug-likeness (QED) is 0.750. The number of rotatable bonds is 2. The second-order valence-electron chi connectivity index (χ2n) is 2.34. The van der Waals surface area contributed by atoms with Crippen molar-refractivity contribution in [1.29, 1.82) is 0 Å². The Labute approximate surface area is 73.8 Å². The first kappa shape index (κ1) is 7.60. The van der Waals surface area contributed by atoms with E-state index in [0.717, 1.165) is 5.76 Å². The van der Waals surface area contributed by atoms with Crippen molar-refractivity contribution in [2.45, 2.75) is 0 Å². The average molecular weight is 177 g/mol. The van der Waals surface area contributed by atoms with Crippen LogP contribution in [0.4, 0.5) is 6.01 Å². The van der Waals surface area contributed by atoms with Crippen molar-refractivity contribution in [2.75, 3.05) is 5.73 Å². The highest BCUT2D eigenvalue weighted by Gasteiger charge is 1.97. The van der Waals surface area contributed by atoms with Gasteiger partial charge in [0.2, 0.25) is 0 Å². The van der Waals surface area contributed by atoms with E-state index in [1.54, 1.807) is 24.5 Å². The predicted octanol–water partition coefficient (Wildman–Crippen LogP) is 1.42. The molecule has 0 atom stereocenters. The van der Waals surface area contributed by atoms with E-state index in [0.29, 0.717) is 5.82 Å². The van der Waals surface area contributed by atoms with Crippen LogP contribution in [-0.4, -0.2) is 10.1 Å². The van der Waals surface area contributed by atoms with Gasteiger partial charge in [-0.1, -0.05) is 5.16 Å². The second-order valence-corrected chi connectivity index (χ2v) is 2.34. The molecule has 2 rings (SSSR count). The van der Waals surface area contributed by atoms with E-state index in [2.05, 4.69) is 14.7 Å². The second kappa shape index (κ2) is 3.14. The predicted molar refractivity (Wildman–Crippen MR) is 46.3 cm³/mol. The topological polar surface area (TPSA) is 78.1 Å². The molecular formula is C8H7N3O2. The molecule has 2 heterocycles. The summed E-state index contributed by atoms with van der Waals surface area (Å²) in [7, 11) is 0. The van der Waals surface area contributed by atoms with Crippen LogP contribution in [0.2, 0.25) is 0 Å².